The summed E-state index contributed by atoms with van der Waals surface area (Å²) in [5, 5.41) is 0. The van der Waals surface area contributed by atoms with Crippen molar-refractivity contribution in [3.8, 4) is 0 Å². The fourth-order valence-electron chi connectivity index (χ4n) is 3.95. The molecule has 0 spiro atoms. The van der Waals surface area contributed by atoms with Gasteiger partial charge in [0.15, 0.2) is 0 Å². The number of carbonyl (C=O) groups is 1. The number of aryl methyl sites for hydroxylation is 1. The maximum absolute atomic E-state index is 12.6. The van der Waals surface area contributed by atoms with Gasteiger partial charge in [0.05, 0.1) is 0 Å². The standard InChI is InChI=1S/C24H32N2O/c1-25(19-22-14-6-3-7-15-22)23-16-10-18-26(20-23)24(27)17-9-8-13-21-11-4-2-5-12-21/h2-7,11-12,14-15,23H,8-10,13,16-20H2,1H3/t23-/m1/s1. The van der Waals surface area contributed by atoms with Crippen LogP contribution in [0.3, 0.4) is 0 Å². The first-order valence-corrected chi connectivity index (χ1v) is 10.3. The second-order valence-electron chi connectivity index (χ2n) is 7.73. The van der Waals surface area contributed by atoms with Crippen LogP contribution < -0.4 is 0 Å². The van der Waals surface area contributed by atoms with Crippen LogP contribution in [-0.4, -0.2) is 41.9 Å². The molecular weight excluding hydrogens is 332 g/mol. The number of piperidine rings is 1. The summed E-state index contributed by atoms with van der Waals surface area (Å²) in [6.07, 6.45) is 6.11. The van der Waals surface area contributed by atoms with Crippen LogP contribution in [0.2, 0.25) is 0 Å². The van der Waals surface area contributed by atoms with Crippen LogP contribution in [0.15, 0.2) is 60.7 Å². The van der Waals surface area contributed by atoms with Crippen molar-refractivity contribution in [3.05, 3.63) is 71.8 Å². The Morgan fingerprint density at radius 2 is 1.67 bits per heavy atom. The number of nitrogens with zero attached hydrogens (tertiary/aromatic N) is 2. The zero-order valence-electron chi connectivity index (χ0n) is 16.5. The molecule has 1 amide bonds. The number of rotatable bonds is 8. The quantitative estimate of drug-likeness (QED) is 0.643. The largest absolute Gasteiger partial charge is 0.341 e. The van der Waals surface area contributed by atoms with Gasteiger partial charge < -0.3 is 4.90 Å². The third-order valence-electron chi connectivity index (χ3n) is 5.60. The lowest BCUT2D eigenvalue weighted by Crippen LogP contribution is -2.48. The minimum absolute atomic E-state index is 0.334. The Hall–Kier alpha value is -2.13. The molecule has 0 aliphatic carbocycles. The fourth-order valence-corrected chi connectivity index (χ4v) is 3.95. The molecule has 0 N–H and O–H groups in total. The zero-order valence-corrected chi connectivity index (χ0v) is 16.5. The van der Waals surface area contributed by atoms with Crippen LogP contribution in [0.5, 0.6) is 0 Å². The van der Waals surface area contributed by atoms with Gasteiger partial charge >= 0.3 is 0 Å². The molecule has 1 aliphatic heterocycles. The SMILES string of the molecule is CN(Cc1ccccc1)[C@@H]1CCCN(C(=O)CCCCc2ccccc2)C1. The first kappa shape index (κ1) is 19.6. The average molecular weight is 365 g/mol. The third kappa shape index (κ3) is 6.21. The number of hydrogen-bond acceptors (Lipinski definition) is 2. The Morgan fingerprint density at radius 3 is 2.37 bits per heavy atom. The van der Waals surface area contributed by atoms with Gasteiger partial charge in [0.25, 0.3) is 0 Å². The molecule has 0 radical (unpaired) electrons. The third-order valence-corrected chi connectivity index (χ3v) is 5.60. The Bertz CT molecular complexity index is 686. The maximum atomic E-state index is 12.6. The molecule has 27 heavy (non-hydrogen) atoms. The highest BCUT2D eigenvalue weighted by Gasteiger charge is 2.25. The molecular formula is C24H32N2O. The molecule has 144 valence electrons. The van der Waals surface area contributed by atoms with Gasteiger partial charge in [0, 0.05) is 32.1 Å². The molecule has 0 aromatic heterocycles. The van der Waals surface area contributed by atoms with Crippen molar-refractivity contribution in [1.82, 2.24) is 9.80 Å². The molecule has 1 fully saturated rings. The second kappa shape index (κ2) is 10.3. The molecule has 2 aromatic carbocycles. The lowest BCUT2D eigenvalue weighted by molar-refractivity contribution is -0.133. The Morgan fingerprint density at radius 1 is 1.00 bits per heavy atom. The molecule has 3 heteroatoms. The van der Waals surface area contributed by atoms with E-state index in [0.29, 0.717) is 18.4 Å². The number of benzene rings is 2. The van der Waals surface area contributed by atoms with Gasteiger partial charge in [0.2, 0.25) is 5.91 Å². The molecule has 2 aromatic rings. The first-order chi connectivity index (χ1) is 13.2. The highest BCUT2D eigenvalue weighted by atomic mass is 16.2. The zero-order chi connectivity index (χ0) is 18.9. The van der Waals surface area contributed by atoms with E-state index in [4.69, 9.17) is 0 Å². The average Bonchev–Trinajstić information content (AvgIpc) is 2.72. The van der Waals surface area contributed by atoms with E-state index in [1.165, 1.54) is 17.5 Å². The van der Waals surface area contributed by atoms with E-state index in [1.54, 1.807) is 0 Å². The van der Waals surface area contributed by atoms with E-state index in [-0.39, 0.29) is 0 Å². The highest BCUT2D eigenvalue weighted by Crippen LogP contribution is 2.18. The Balaban J connectivity index is 1.41. The number of likely N-dealkylation sites (N-methyl/N-ethyl adjacent to an activating group) is 1. The molecule has 1 saturated heterocycles. The van der Waals surface area contributed by atoms with Gasteiger partial charge in [-0.2, -0.15) is 0 Å². The van der Waals surface area contributed by atoms with Crippen molar-refractivity contribution in [2.24, 2.45) is 0 Å². The summed E-state index contributed by atoms with van der Waals surface area (Å²) in [5.41, 5.74) is 2.70. The summed E-state index contributed by atoms with van der Waals surface area (Å²) < 4.78 is 0. The molecule has 1 heterocycles. The van der Waals surface area contributed by atoms with Crippen molar-refractivity contribution < 1.29 is 4.79 Å². The van der Waals surface area contributed by atoms with Gasteiger partial charge in [-0.05, 0) is 50.3 Å². The van der Waals surface area contributed by atoms with E-state index in [0.717, 1.165) is 45.3 Å². The summed E-state index contributed by atoms with van der Waals surface area (Å²) >= 11 is 0. The number of unbranched alkanes of at least 4 members (excludes halogenated alkanes) is 1. The fraction of sp³-hybridized carbons (Fsp3) is 0.458. The minimum Gasteiger partial charge on any atom is -0.341 e. The van der Waals surface area contributed by atoms with E-state index >= 15 is 0 Å². The number of hydrogen-bond donors (Lipinski definition) is 0. The van der Waals surface area contributed by atoms with Crippen LogP contribution in [0.1, 0.15) is 43.2 Å². The van der Waals surface area contributed by atoms with Crippen molar-refractivity contribution in [2.75, 3.05) is 20.1 Å². The van der Waals surface area contributed by atoms with Crippen LogP contribution >= 0.6 is 0 Å². The van der Waals surface area contributed by atoms with Crippen molar-refractivity contribution in [2.45, 2.75) is 51.1 Å². The predicted molar refractivity (Wildman–Crippen MR) is 112 cm³/mol. The smallest absolute Gasteiger partial charge is 0.222 e. The lowest BCUT2D eigenvalue weighted by Gasteiger charge is -2.38. The van der Waals surface area contributed by atoms with Crippen molar-refractivity contribution in [1.29, 1.82) is 0 Å². The summed E-state index contributed by atoms with van der Waals surface area (Å²) in [6, 6.07) is 21.6. The van der Waals surface area contributed by atoms with Crippen LogP contribution in [0.25, 0.3) is 0 Å². The number of amides is 1. The monoisotopic (exact) mass is 364 g/mol. The molecule has 0 unspecified atom stereocenters. The summed E-state index contributed by atoms with van der Waals surface area (Å²) in [5.74, 6) is 0.334. The van der Waals surface area contributed by atoms with Gasteiger partial charge in [-0.1, -0.05) is 60.7 Å². The number of carbonyl (C=O) groups excluding carboxylic acids is 1. The van der Waals surface area contributed by atoms with Crippen LogP contribution in [0, 0.1) is 0 Å². The molecule has 0 bridgehead atoms. The minimum atomic E-state index is 0.334. The van der Waals surface area contributed by atoms with Gasteiger partial charge in [-0.25, -0.2) is 0 Å². The molecule has 3 rings (SSSR count). The second-order valence-corrected chi connectivity index (χ2v) is 7.73. The summed E-state index contributed by atoms with van der Waals surface area (Å²) in [4.78, 5) is 17.1. The van der Waals surface area contributed by atoms with Gasteiger partial charge in [-0.3, -0.25) is 9.69 Å². The summed E-state index contributed by atoms with van der Waals surface area (Å²) in [6.45, 7) is 2.75. The van der Waals surface area contributed by atoms with Gasteiger partial charge in [0.1, 0.15) is 0 Å². The lowest BCUT2D eigenvalue weighted by atomic mass is 10.0. The normalized spacial score (nSPS) is 17.3. The van der Waals surface area contributed by atoms with Crippen LogP contribution in [-0.2, 0) is 17.8 Å². The summed E-state index contributed by atoms with van der Waals surface area (Å²) in [7, 11) is 2.19. The highest BCUT2D eigenvalue weighted by molar-refractivity contribution is 5.76. The van der Waals surface area contributed by atoms with E-state index < -0.39 is 0 Å². The van der Waals surface area contributed by atoms with E-state index in [1.807, 2.05) is 0 Å². The van der Waals surface area contributed by atoms with Crippen molar-refractivity contribution >= 4 is 5.91 Å². The first-order valence-electron chi connectivity index (χ1n) is 10.3. The number of likely N-dealkylation sites (tertiary alicyclic amines) is 1. The molecule has 0 saturated carbocycles. The van der Waals surface area contributed by atoms with E-state index in [2.05, 4.69) is 77.5 Å². The molecule has 1 atom stereocenters. The topological polar surface area (TPSA) is 23.6 Å². The molecule has 1 aliphatic rings. The Labute approximate surface area is 164 Å². The van der Waals surface area contributed by atoms with Crippen LogP contribution in [0.4, 0.5) is 0 Å². The molecule has 3 nitrogen and oxygen atoms in total. The maximum Gasteiger partial charge on any atom is 0.222 e. The van der Waals surface area contributed by atoms with Gasteiger partial charge in [-0.15, -0.1) is 0 Å². The van der Waals surface area contributed by atoms with Crippen molar-refractivity contribution in [3.63, 3.8) is 0 Å². The predicted octanol–water partition coefficient (Wildman–Crippen LogP) is 4.52. The van der Waals surface area contributed by atoms with E-state index in [9.17, 15) is 4.79 Å². The Kier molecular flexibility index (Phi) is 7.46.